The van der Waals surface area contributed by atoms with Crippen LogP contribution in [0.3, 0.4) is 0 Å². The van der Waals surface area contributed by atoms with E-state index in [0.29, 0.717) is 81.0 Å². The molecule has 3 N–H and O–H groups in total. The van der Waals surface area contributed by atoms with Crippen molar-refractivity contribution >= 4 is 35.3 Å². The highest BCUT2D eigenvalue weighted by Crippen LogP contribution is 2.57. The maximum absolute atomic E-state index is 18.1. The van der Waals surface area contributed by atoms with Gasteiger partial charge in [0.1, 0.15) is 52.8 Å². The number of ketones is 3. The van der Waals surface area contributed by atoms with E-state index in [1.54, 1.807) is 0 Å². The molecule has 132 heavy (non-hydrogen) atoms. The molecule has 0 amide bonds. The fraction of sp³-hybridized carbons (Fsp3) is 0.632. The minimum atomic E-state index is -4.22. The minimum Gasteiger partial charge on any atom is -0.494 e. The fourth-order valence-electron chi connectivity index (χ4n) is 17.9. The van der Waals surface area contributed by atoms with Gasteiger partial charge in [-0.05, 0) is 184 Å². The number of benzene rings is 6. The SMILES string of the molecule is CCCCCCCCCCCOc1ccc(C(=O)OC2(C(=O)c3ccc(OCCCCCCCCCCC)cc3)[C@@](OC(=O)c3ccc(OCCCCCCCCCCC)cc3)(C(=O)c3ccc(OCCCCCCCCCCC)cc3)[C@@H](O)C(O)[C@@H](O)[C@@]2(OC(=O)c2ccc(OCCCCCCCCCCC)cc2)C(=O)c2ccc(OCCCCCCCCCCC)cc2)cc1. The van der Waals surface area contributed by atoms with Crippen LogP contribution in [0.4, 0.5) is 0 Å². The van der Waals surface area contributed by atoms with E-state index in [9.17, 15) is 15.3 Å². The number of unbranched alkanes of at least 4 members (excludes halogenated alkanes) is 48. The maximum atomic E-state index is 18.1. The number of carbonyl (C=O) groups is 6. The predicted molar refractivity (Wildman–Crippen MR) is 530 cm³/mol. The predicted octanol–water partition coefficient (Wildman–Crippen LogP) is 29.0. The Morgan fingerprint density at radius 3 is 0.538 bits per heavy atom. The lowest BCUT2D eigenvalue weighted by molar-refractivity contribution is -0.293. The van der Waals surface area contributed by atoms with Crippen molar-refractivity contribution in [2.45, 2.75) is 423 Å². The van der Waals surface area contributed by atoms with E-state index in [1.807, 2.05) is 0 Å². The number of esters is 3. The molecular formula is C114H168O18. The van der Waals surface area contributed by atoms with E-state index >= 15 is 28.8 Å². The first kappa shape index (κ1) is 110. The average Bonchev–Trinajstić information content (AvgIpc) is 0.656. The zero-order chi connectivity index (χ0) is 94.4. The first-order chi connectivity index (χ1) is 64.6. The first-order valence-corrected chi connectivity index (χ1v) is 52.3. The zero-order valence-electron chi connectivity index (χ0n) is 82.0. The third kappa shape index (κ3) is 36.9. The standard InChI is InChI=1S/C114H168O18/c1-7-13-19-25-31-37-43-49-55-85-124-97-73-61-91(62-74-97)104(116)112(130-109(121)94-67-79-100(80-68-94)127-88-58-52-46-40-34-28-22-16-10-4)107(119)103(115)108(120)113(105(117)92-63-75-98(76-64-92)125-86-56-50-44-38-32-26-20-14-8-2,131-110(122)95-69-81-101(82-70-95)128-89-59-53-47-41-35-29-23-17-11-5)114(112,106(118)93-65-77-99(78-66-93)126-87-57-51-45-39-33-27-21-15-9-3)132-111(123)96-71-83-102(84-72-96)129-90-60-54-48-42-36-30-24-18-12-6/h61-84,103,107-108,115,119-120H,7-60,85-90H2,1-6H3/t103?,107-,108+,112+,113-,114?. The van der Waals surface area contributed by atoms with Crippen LogP contribution >= 0.6 is 0 Å². The van der Waals surface area contributed by atoms with E-state index in [2.05, 4.69) is 41.5 Å². The molecule has 1 aliphatic carbocycles. The molecule has 0 spiro atoms. The number of Topliss-reactive ketones (excluding diaryl/α,β-unsaturated/α-hetero) is 3. The van der Waals surface area contributed by atoms with Gasteiger partial charge in [0.2, 0.25) is 17.3 Å². The lowest BCUT2D eigenvalue weighted by Crippen LogP contribution is -2.91. The van der Waals surface area contributed by atoms with Gasteiger partial charge in [-0.3, -0.25) is 14.4 Å². The molecule has 0 bridgehead atoms. The van der Waals surface area contributed by atoms with Crippen molar-refractivity contribution in [2.75, 3.05) is 39.6 Å². The third-order valence-corrected chi connectivity index (χ3v) is 26.0. The highest BCUT2D eigenvalue weighted by atomic mass is 16.7. The summed E-state index contributed by atoms with van der Waals surface area (Å²) in [7, 11) is 0. The molecule has 0 saturated heterocycles. The van der Waals surface area contributed by atoms with Gasteiger partial charge in [0.15, 0.2) is 0 Å². The van der Waals surface area contributed by atoms with Crippen molar-refractivity contribution in [1.29, 1.82) is 0 Å². The minimum absolute atomic E-state index is 0.278. The lowest BCUT2D eigenvalue weighted by atomic mass is 9.52. The van der Waals surface area contributed by atoms with E-state index in [1.165, 1.54) is 313 Å². The van der Waals surface area contributed by atoms with E-state index in [4.69, 9.17) is 42.6 Å². The van der Waals surface area contributed by atoms with Crippen LogP contribution in [0.2, 0.25) is 0 Å². The summed E-state index contributed by atoms with van der Waals surface area (Å²) in [5.41, 5.74) is -14.7. The van der Waals surface area contributed by atoms with Crippen molar-refractivity contribution in [1.82, 2.24) is 0 Å². The Kier molecular flexibility index (Phi) is 55.2. The third-order valence-electron chi connectivity index (χ3n) is 26.0. The van der Waals surface area contributed by atoms with E-state index in [0.717, 1.165) is 161 Å². The smallest absolute Gasteiger partial charge is 0.339 e. The van der Waals surface area contributed by atoms with Crippen molar-refractivity contribution in [3.05, 3.63) is 179 Å². The van der Waals surface area contributed by atoms with Gasteiger partial charge >= 0.3 is 17.9 Å². The molecule has 0 aliphatic heterocycles. The van der Waals surface area contributed by atoms with E-state index in [-0.39, 0.29) is 29.0 Å². The largest absolute Gasteiger partial charge is 0.494 e. The van der Waals surface area contributed by atoms with Crippen LogP contribution in [0.15, 0.2) is 146 Å². The fourth-order valence-corrected chi connectivity index (χ4v) is 17.9. The lowest BCUT2D eigenvalue weighted by Gasteiger charge is -2.60. The van der Waals surface area contributed by atoms with Crippen molar-refractivity contribution in [2.24, 2.45) is 0 Å². The molecule has 18 nitrogen and oxygen atoms in total. The summed E-state index contributed by atoms with van der Waals surface area (Å²) in [5, 5.41) is 41.6. The highest BCUT2D eigenvalue weighted by molar-refractivity contribution is 6.21. The molecule has 6 aromatic rings. The number of hydrogen-bond acceptors (Lipinski definition) is 18. The molecule has 0 aromatic heterocycles. The van der Waals surface area contributed by atoms with Gasteiger partial charge in [-0.25, -0.2) is 14.4 Å². The summed E-state index contributed by atoms with van der Waals surface area (Å²) in [6.07, 6.45) is 49.4. The van der Waals surface area contributed by atoms with Crippen LogP contribution in [-0.2, 0) is 14.2 Å². The summed E-state index contributed by atoms with van der Waals surface area (Å²) < 4.78 is 58.6. The Bertz CT molecular complexity index is 3890. The summed E-state index contributed by atoms with van der Waals surface area (Å²) in [6.45, 7) is 15.2. The number of ether oxygens (including phenoxy) is 9. The molecule has 7 rings (SSSR count). The molecule has 1 fully saturated rings. The molecule has 0 radical (unpaired) electrons. The second-order valence-electron chi connectivity index (χ2n) is 36.9. The van der Waals surface area contributed by atoms with Gasteiger partial charge in [-0.2, -0.15) is 0 Å². The summed E-state index contributed by atoms with van der Waals surface area (Å²) >= 11 is 0. The number of aliphatic hydroxyl groups is 3. The molecule has 6 aromatic carbocycles. The number of aliphatic hydroxyl groups excluding tert-OH is 3. The summed E-state index contributed by atoms with van der Waals surface area (Å²) in [5.74, 6) is -7.24. The number of carbonyl (C=O) groups excluding carboxylic acids is 6. The van der Waals surface area contributed by atoms with Crippen LogP contribution in [-0.4, -0.2) is 125 Å². The Balaban J connectivity index is 1.46. The summed E-state index contributed by atoms with van der Waals surface area (Å²) in [4.78, 5) is 103. The van der Waals surface area contributed by atoms with Gasteiger partial charge in [0.25, 0.3) is 16.8 Å². The van der Waals surface area contributed by atoms with Crippen molar-refractivity contribution in [3.8, 4) is 34.5 Å². The zero-order valence-corrected chi connectivity index (χ0v) is 82.0. The second-order valence-corrected chi connectivity index (χ2v) is 36.9. The molecule has 2 unspecified atom stereocenters. The maximum Gasteiger partial charge on any atom is 0.339 e. The van der Waals surface area contributed by atoms with Crippen molar-refractivity contribution < 1.29 is 86.7 Å². The highest BCUT2D eigenvalue weighted by Gasteiger charge is 2.88. The van der Waals surface area contributed by atoms with E-state index < -0.39 is 87.1 Å². The Morgan fingerprint density at radius 1 is 0.205 bits per heavy atom. The topological polar surface area (TPSA) is 246 Å². The van der Waals surface area contributed by atoms with Gasteiger partial charge in [0.05, 0.1) is 56.3 Å². The van der Waals surface area contributed by atoms with Gasteiger partial charge in [-0.15, -0.1) is 0 Å². The van der Waals surface area contributed by atoms with Gasteiger partial charge < -0.3 is 58.0 Å². The Hall–Kier alpha value is -8.58. The van der Waals surface area contributed by atoms with Crippen LogP contribution in [0.25, 0.3) is 0 Å². The molecule has 0 heterocycles. The molecular weight excluding hydrogens is 1660 g/mol. The summed E-state index contributed by atoms with van der Waals surface area (Å²) in [6, 6.07) is 33.6. The first-order valence-electron chi connectivity index (χ1n) is 52.3. The molecule has 1 aliphatic rings. The molecule has 1 saturated carbocycles. The molecule has 732 valence electrons. The Labute approximate surface area is 794 Å². The number of hydrogen-bond donors (Lipinski definition) is 3. The van der Waals surface area contributed by atoms with Crippen LogP contribution in [0.5, 0.6) is 34.5 Å². The van der Waals surface area contributed by atoms with Gasteiger partial charge in [-0.1, -0.05) is 350 Å². The van der Waals surface area contributed by atoms with Crippen molar-refractivity contribution in [3.63, 3.8) is 0 Å². The quantitative estimate of drug-likeness (QED) is 0.0139. The Morgan fingerprint density at radius 2 is 0.356 bits per heavy atom. The monoisotopic (exact) mass is 1830 g/mol. The van der Waals surface area contributed by atoms with Crippen LogP contribution in [0.1, 0.15) is 450 Å². The van der Waals surface area contributed by atoms with Crippen LogP contribution in [0, 0.1) is 0 Å². The van der Waals surface area contributed by atoms with Crippen LogP contribution < -0.4 is 28.4 Å². The molecule has 18 heteroatoms. The average molecular weight is 1830 g/mol. The number of rotatable bonds is 78. The molecule has 6 atom stereocenters. The normalized spacial score (nSPS) is 17.0. The van der Waals surface area contributed by atoms with Gasteiger partial charge in [0, 0.05) is 16.7 Å². The second kappa shape index (κ2) is 66.0.